The Labute approximate surface area is 124 Å². The fourth-order valence-electron chi connectivity index (χ4n) is 3.01. The van der Waals surface area contributed by atoms with Gasteiger partial charge in [-0.25, -0.2) is 0 Å². The largest absolute Gasteiger partial charge is 0.354 e. The molecule has 3 heteroatoms. The van der Waals surface area contributed by atoms with Gasteiger partial charge < -0.3 is 9.88 Å². The third kappa shape index (κ3) is 4.35. The van der Waals surface area contributed by atoms with Crippen LogP contribution in [-0.4, -0.2) is 34.1 Å². The normalized spacial score (nSPS) is 18.6. The molecule has 0 aromatic carbocycles. The molecule has 2 heterocycles. The number of aromatic nitrogens is 1. The van der Waals surface area contributed by atoms with Crippen molar-refractivity contribution in [3.05, 3.63) is 24.0 Å². The molecule has 1 N–H and O–H groups in total. The van der Waals surface area contributed by atoms with Crippen molar-refractivity contribution < 1.29 is 0 Å². The van der Waals surface area contributed by atoms with Gasteiger partial charge in [0, 0.05) is 50.2 Å². The van der Waals surface area contributed by atoms with Gasteiger partial charge in [0.05, 0.1) is 0 Å². The zero-order valence-corrected chi connectivity index (χ0v) is 13.7. The number of nitrogens with one attached hydrogen (secondary N) is 1. The molecule has 20 heavy (non-hydrogen) atoms. The van der Waals surface area contributed by atoms with Gasteiger partial charge in [-0.15, -0.1) is 0 Å². The molecule has 0 unspecified atom stereocenters. The molecule has 0 aliphatic carbocycles. The summed E-state index contributed by atoms with van der Waals surface area (Å²) >= 11 is 0. The van der Waals surface area contributed by atoms with Crippen molar-refractivity contribution in [2.75, 3.05) is 13.1 Å². The lowest BCUT2D eigenvalue weighted by Crippen LogP contribution is -2.49. The fourth-order valence-corrected chi connectivity index (χ4v) is 3.01. The maximum atomic E-state index is 3.73. The van der Waals surface area contributed by atoms with Gasteiger partial charge in [-0.3, -0.25) is 4.90 Å². The number of aryl methyl sites for hydroxylation is 1. The van der Waals surface area contributed by atoms with Crippen molar-refractivity contribution in [3.63, 3.8) is 0 Å². The molecular formula is C17H31N3. The predicted octanol–water partition coefficient (Wildman–Crippen LogP) is 3.25. The SMILES string of the molecule is CCCn1ccc(CNC2CCN(C(C)(C)C)CC2)c1. The quantitative estimate of drug-likeness (QED) is 0.891. The Morgan fingerprint density at radius 3 is 2.55 bits per heavy atom. The van der Waals surface area contributed by atoms with Crippen LogP contribution in [0.2, 0.25) is 0 Å². The highest BCUT2D eigenvalue weighted by molar-refractivity contribution is 5.10. The average Bonchev–Trinajstić information content (AvgIpc) is 2.84. The summed E-state index contributed by atoms with van der Waals surface area (Å²) in [6, 6.07) is 2.93. The van der Waals surface area contributed by atoms with Crippen molar-refractivity contribution >= 4 is 0 Å². The maximum Gasteiger partial charge on any atom is 0.0223 e. The van der Waals surface area contributed by atoms with E-state index in [1.807, 2.05) is 0 Å². The Kier molecular flexibility index (Phi) is 5.28. The summed E-state index contributed by atoms with van der Waals surface area (Å²) in [5.41, 5.74) is 1.74. The number of rotatable bonds is 5. The molecule has 0 atom stereocenters. The van der Waals surface area contributed by atoms with Gasteiger partial charge in [-0.1, -0.05) is 6.92 Å². The van der Waals surface area contributed by atoms with E-state index in [1.165, 1.54) is 37.9 Å². The molecule has 3 nitrogen and oxygen atoms in total. The van der Waals surface area contributed by atoms with E-state index in [9.17, 15) is 0 Å². The molecule has 114 valence electrons. The molecule has 0 bridgehead atoms. The second-order valence-corrected chi connectivity index (χ2v) is 7.07. The summed E-state index contributed by atoms with van der Waals surface area (Å²) in [5, 5.41) is 3.73. The average molecular weight is 277 g/mol. The summed E-state index contributed by atoms with van der Waals surface area (Å²) in [4.78, 5) is 2.60. The highest BCUT2D eigenvalue weighted by Gasteiger charge is 2.26. The highest BCUT2D eigenvalue weighted by atomic mass is 15.2. The van der Waals surface area contributed by atoms with E-state index in [1.54, 1.807) is 0 Å². The lowest BCUT2D eigenvalue weighted by Gasteiger charge is -2.41. The lowest BCUT2D eigenvalue weighted by atomic mass is 9.98. The van der Waals surface area contributed by atoms with Crippen LogP contribution in [0, 0.1) is 0 Å². The Hall–Kier alpha value is -0.800. The van der Waals surface area contributed by atoms with Gasteiger partial charge >= 0.3 is 0 Å². The second kappa shape index (κ2) is 6.77. The summed E-state index contributed by atoms with van der Waals surface area (Å²) in [7, 11) is 0. The van der Waals surface area contributed by atoms with Crippen molar-refractivity contribution in [2.45, 2.75) is 71.6 Å². The van der Waals surface area contributed by atoms with Gasteiger partial charge in [-0.2, -0.15) is 0 Å². The minimum Gasteiger partial charge on any atom is -0.354 e. The minimum atomic E-state index is 0.322. The standard InChI is InChI=1S/C17H31N3/c1-5-9-19-10-6-15(14-19)13-18-16-7-11-20(12-8-16)17(2,3)4/h6,10,14,16,18H,5,7-9,11-13H2,1-4H3. The first-order valence-electron chi connectivity index (χ1n) is 8.12. The van der Waals surface area contributed by atoms with Gasteiger partial charge in [0.25, 0.3) is 0 Å². The molecule has 0 amide bonds. The van der Waals surface area contributed by atoms with Crippen molar-refractivity contribution in [1.82, 2.24) is 14.8 Å². The number of nitrogens with zero attached hydrogens (tertiary/aromatic N) is 2. The summed E-state index contributed by atoms with van der Waals surface area (Å²) in [6.07, 6.45) is 8.22. The van der Waals surface area contributed by atoms with Gasteiger partial charge in [-0.05, 0) is 51.7 Å². The van der Waals surface area contributed by atoms with Gasteiger partial charge in [0.1, 0.15) is 0 Å². The Balaban J connectivity index is 1.73. The van der Waals surface area contributed by atoms with E-state index in [4.69, 9.17) is 0 Å². The Morgan fingerprint density at radius 2 is 1.95 bits per heavy atom. The number of hydrogen-bond acceptors (Lipinski definition) is 2. The molecule has 1 aliphatic rings. The molecule has 1 fully saturated rings. The smallest absolute Gasteiger partial charge is 0.0223 e. The lowest BCUT2D eigenvalue weighted by molar-refractivity contribution is 0.0960. The van der Waals surface area contributed by atoms with E-state index in [0.717, 1.165) is 13.1 Å². The first-order chi connectivity index (χ1) is 9.49. The molecule has 0 radical (unpaired) electrons. The Bertz CT molecular complexity index is 395. The van der Waals surface area contributed by atoms with Crippen molar-refractivity contribution in [3.8, 4) is 0 Å². The Morgan fingerprint density at radius 1 is 1.25 bits per heavy atom. The van der Waals surface area contributed by atoms with Crippen LogP contribution in [0.25, 0.3) is 0 Å². The first-order valence-corrected chi connectivity index (χ1v) is 8.12. The van der Waals surface area contributed by atoms with E-state index >= 15 is 0 Å². The monoisotopic (exact) mass is 277 g/mol. The third-order valence-electron chi connectivity index (χ3n) is 4.33. The summed E-state index contributed by atoms with van der Waals surface area (Å²) in [6.45, 7) is 13.8. The number of hydrogen-bond donors (Lipinski definition) is 1. The molecule has 0 spiro atoms. The van der Waals surface area contributed by atoms with Crippen LogP contribution in [0.15, 0.2) is 18.5 Å². The summed E-state index contributed by atoms with van der Waals surface area (Å²) < 4.78 is 2.29. The molecular weight excluding hydrogens is 246 g/mol. The van der Waals surface area contributed by atoms with Crippen LogP contribution in [0.5, 0.6) is 0 Å². The van der Waals surface area contributed by atoms with Crippen LogP contribution < -0.4 is 5.32 Å². The van der Waals surface area contributed by atoms with Crippen LogP contribution in [0.1, 0.15) is 52.5 Å². The van der Waals surface area contributed by atoms with E-state index in [2.05, 4.69) is 60.9 Å². The van der Waals surface area contributed by atoms with E-state index in [0.29, 0.717) is 11.6 Å². The zero-order valence-electron chi connectivity index (χ0n) is 13.7. The summed E-state index contributed by atoms with van der Waals surface area (Å²) in [5.74, 6) is 0. The topological polar surface area (TPSA) is 20.2 Å². The van der Waals surface area contributed by atoms with Crippen molar-refractivity contribution in [1.29, 1.82) is 0 Å². The molecule has 0 saturated carbocycles. The zero-order chi connectivity index (χ0) is 14.6. The maximum absolute atomic E-state index is 3.73. The molecule has 1 aromatic rings. The van der Waals surface area contributed by atoms with Gasteiger partial charge in [0.2, 0.25) is 0 Å². The number of piperidine rings is 1. The third-order valence-corrected chi connectivity index (χ3v) is 4.33. The van der Waals surface area contributed by atoms with Gasteiger partial charge in [0.15, 0.2) is 0 Å². The van der Waals surface area contributed by atoms with Crippen LogP contribution in [0.3, 0.4) is 0 Å². The molecule has 2 rings (SSSR count). The molecule has 1 aromatic heterocycles. The highest BCUT2D eigenvalue weighted by Crippen LogP contribution is 2.20. The molecule has 1 saturated heterocycles. The molecule has 1 aliphatic heterocycles. The minimum absolute atomic E-state index is 0.322. The van der Waals surface area contributed by atoms with E-state index < -0.39 is 0 Å². The van der Waals surface area contributed by atoms with Crippen molar-refractivity contribution in [2.24, 2.45) is 0 Å². The second-order valence-electron chi connectivity index (χ2n) is 7.07. The van der Waals surface area contributed by atoms with Crippen LogP contribution in [0.4, 0.5) is 0 Å². The first kappa shape index (κ1) is 15.6. The van der Waals surface area contributed by atoms with Crippen LogP contribution in [-0.2, 0) is 13.1 Å². The number of likely N-dealkylation sites (tertiary alicyclic amines) is 1. The predicted molar refractivity (Wildman–Crippen MR) is 85.9 cm³/mol. The van der Waals surface area contributed by atoms with E-state index in [-0.39, 0.29) is 0 Å². The van der Waals surface area contributed by atoms with Crippen LogP contribution >= 0.6 is 0 Å². The fraction of sp³-hybridized carbons (Fsp3) is 0.765.